The first-order chi connectivity index (χ1) is 10.1. The Bertz CT molecular complexity index is 550. The summed E-state index contributed by atoms with van der Waals surface area (Å²) in [5.74, 6) is 0.373. The monoisotopic (exact) mass is 287 g/mol. The zero-order valence-corrected chi connectivity index (χ0v) is 12.3. The second kappa shape index (κ2) is 5.85. The van der Waals surface area contributed by atoms with Gasteiger partial charge in [-0.15, -0.1) is 0 Å². The highest BCUT2D eigenvalue weighted by Gasteiger charge is 2.25. The molecule has 3 rings (SSSR count). The first-order valence-electron chi connectivity index (χ1n) is 7.53. The molecule has 0 bridgehead atoms. The maximum atomic E-state index is 11.9. The van der Waals surface area contributed by atoms with E-state index >= 15 is 0 Å². The number of piperidine rings is 1. The molecule has 3 amide bonds. The molecule has 112 valence electrons. The maximum absolute atomic E-state index is 11.9. The Hall–Kier alpha value is -1.88. The Kier molecular flexibility index (Phi) is 3.92. The number of nitrogens with one attached hydrogen (secondary N) is 1. The van der Waals surface area contributed by atoms with Crippen LogP contribution < -0.4 is 10.2 Å². The second-order valence-corrected chi connectivity index (χ2v) is 5.93. The molecular formula is C16H21N3O2. The third-order valence-electron chi connectivity index (χ3n) is 4.43. The van der Waals surface area contributed by atoms with Gasteiger partial charge in [-0.3, -0.25) is 15.0 Å². The first-order valence-corrected chi connectivity index (χ1v) is 7.53. The van der Waals surface area contributed by atoms with Gasteiger partial charge in [0.1, 0.15) is 0 Å². The Morgan fingerprint density at radius 3 is 2.62 bits per heavy atom. The summed E-state index contributed by atoms with van der Waals surface area (Å²) in [7, 11) is 2.15. The number of benzene rings is 1. The molecular weight excluding hydrogens is 266 g/mol. The van der Waals surface area contributed by atoms with Gasteiger partial charge in [0.05, 0.1) is 0 Å². The summed E-state index contributed by atoms with van der Waals surface area (Å²) in [5.41, 5.74) is 2.18. The number of rotatable bonds is 2. The van der Waals surface area contributed by atoms with Crippen LogP contribution in [0.4, 0.5) is 10.5 Å². The van der Waals surface area contributed by atoms with Gasteiger partial charge in [0.2, 0.25) is 5.91 Å². The molecule has 0 spiro atoms. The van der Waals surface area contributed by atoms with Gasteiger partial charge in [-0.1, -0.05) is 12.1 Å². The Morgan fingerprint density at radius 2 is 1.90 bits per heavy atom. The SMILES string of the molecule is CN1CCC(c2cccc(N3CCC(=O)NC3=O)c2)CC1. The van der Waals surface area contributed by atoms with E-state index in [0.29, 0.717) is 18.9 Å². The third-order valence-corrected chi connectivity index (χ3v) is 4.43. The van der Waals surface area contributed by atoms with E-state index in [2.05, 4.69) is 29.4 Å². The van der Waals surface area contributed by atoms with E-state index in [9.17, 15) is 9.59 Å². The molecule has 21 heavy (non-hydrogen) atoms. The van der Waals surface area contributed by atoms with Crippen LogP contribution in [-0.2, 0) is 4.79 Å². The summed E-state index contributed by atoms with van der Waals surface area (Å²) >= 11 is 0. The predicted octanol–water partition coefficient (Wildman–Crippen LogP) is 1.94. The number of carbonyl (C=O) groups is 2. The minimum atomic E-state index is -0.313. The van der Waals surface area contributed by atoms with E-state index in [-0.39, 0.29) is 11.9 Å². The van der Waals surface area contributed by atoms with Crippen LogP contribution in [0.1, 0.15) is 30.7 Å². The Labute approximate surface area is 124 Å². The lowest BCUT2D eigenvalue weighted by Crippen LogP contribution is -2.49. The molecule has 2 fully saturated rings. The molecule has 0 atom stereocenters. The molecule has 2 heterocycles. The summed E-state index contributed by atoms with van der Waals surface area (Å²) in [6, 6.07) is 7.88. The normalized spacial score (nSPS) is 21.5. The zero-order valence-electron chi connectivity index (χ0n) is 12.3. The van der Waals surface area contributed by atoms with Crippen LogP contribution in [-0.4, -0.2) is 43.5 Å². The summed E-state index contributed by atoms with van der Waals surface area (Å²) < 4.78 is 0. The third kappa shape index (κ3) is 3.08. The van der Waals surface area contributed by atoms with Gasteiger partial charge in [0.15, 0.2) is 0 Å². The number of amides is 3. The van der Waals surface area contributed by atoms with Gasteiger partial charge in [0, 0.05) is 18.7 Å². The molecule has 0 unspecified atom stereocenters. The molecule has 2 saturated heterocycles. The van der Waals surface area contributed by atoms with Gasteiger partial charge >= 0.3 is 6.03 Å². The van der Waals surface area contributed by atoms with E-state index in [1.165, 1.54) is 5.56 Å². The van der Waals surface area contributed by atoms with Crippen LogP contribution in [0.25, 0.3) is 0 Å². The second-order valence-electron chi connectivity index (χ2n) is 5.93. The zero-order chi connectivity index (χ0) is 14.8. The van der Waals surface area contributed by atoms with Gasteiger partial charge in [-0.05, 0) is 56.6 Å². The van der Waals surface area contributed by atoms with Crippen molar-refractivity contribution >= 4 is 17.6 Å². The van der Waals surface area contributed by atoms with Crippen molar-refractivity contribution in [2.45, 2.75) is 25.2 Å². The quantitative estimate of drug-likeness (QED) is 0.904. The topological polar surface area (TPSA) is 52.6 Å². The van der Waals surface area contributed by atoms with Crippen molar-refractivity contribution in [1.82, 2.24) is 10.2 Å². The number of carbonyl (C=O) groups excluding carboxylic acids is 2. The number of likely N-dealkylation sites (tertiary alicyclic amines) is 1. The average molecular weight is 287 g/mol. The fourth-order valence-electron chi connectivity index (χ4n) is 3.10. The number of hydrogen-bond acceptors (Lipinski definition) is 3. The highest BCUT2D eigenvalue weighted by molar-refractivity contribution is 6.05. The molecule has 5 nitrogen and oxygen atoms in total. The largest absolute Gasteiger partial charge is 0.328 e. The molecule has 0 aromatic heterocycles. The fourth-order valence-corrected chi connectivity index (χ4v) is 3.10. The summed E-state index contributed by atoms with van der Waals surface area (Å²) in [6.45, 7) is 2.70. The van der Waals surface area contributed by atoms with Crippen LogP contribution in [0.3, 0.4) is 0 Å². The highest BCUT2D eigenvalue weighted by Crippen LogP contribution is 2.30. The van der Waals surface area contributed by atoms with Crippen LogP contribution in [0.5, 0.6) is 0 Å². The first kappa shape index (κ1) is 14.1. The Balaban J connectivity index is 1.77. The molecule has 1 aromatic carbocycles. The van der Waals surface area contributed by atoms with Crippen molar-refractivity contribution in [3.63, 3.8) is 0 Å². The lowest BCUT2D eigenvalue weighted by molar-refractivity contribution is -0.120. The smallest absolute Gasteiger partial charge is 0.306 e. The number of imide groups is 1. The van der Waals surface area contributed by atoms with E-state index < -0.39 is 0 Å². The number of nitrogens with zero attached hydrogens (tertiary/aromatic N) is 2. The van der Waals surface area contributed by atoms with Crippen molar-refractivity contribution in [2.75, 3.05) is 31.6 Å². The molecule has 1 N–H and O–H groups in total. The van der Waals surface area contributed by atoms with E-state index in [1.54, 1.807) is 4.90 Å². The van der Waals surface area contributed by atoms with E-state index in [0.717, 1.165) is 31.6 Å². The minimum absolute atomic E-state index is 0.192. The number of urea groups is 1. The summed E-state index contributed by atoms with van der Waals surface area (Å²) in [5, 5.41) is 2.37. The summed E-state index contributed by atoms with van der Waals surface area (Å²) in [6.07, 6.45) is 2.68. The van der Waals surface area contributed by atoms with Crippen LogP contribution in [0.15, 0.2) is 24.3 Å². The molecule has 2 aliphatic heterocycles. The molecule has 0 radical (unpaired) electrons. The van der Waals surface area contributed by atoms with Gasteiger partial charge in [-0.25, -0.2) is 4.79 Å². The standard InChI is InChI=1S/C16H21N3O2/c1-18-8-5-12(6-9-18)13-3-2-4-14(11-13)19-10-7-15(20)17-16(19)21/h2-4,11-12H,5-10H2,1H3,(H,17,20,21). The van der Waals surface area contributed by atoms with Crippen molar-refractivity contribution in [3.8, 4) is 0 Å². The lowest BCUT2D eigenvalue weighted by atomic mass is 9.89. The van der Waals surface area contributed by atoms with Crippen LogP contribution in [0.2, 0.25) is 0 Å². The minimum Gasteiger partial charge on any atom is -0.306 e. The van der Waals surface area contributed by atoms with Gasteiger partial charge in [-0.2, -0.15) is 0 Å². The highest BCUT2D eigenvalue weighted by atomic mass is 16.2. The molecule has 2 aliphatic rings. The van der Waals surface area contributed by atoms with Crippen molar-refractivity contribution in [2.24, 2.45) is 0 Å². The van der Waals surface area contributed by atoms with Gasteiger partial charge < -0.3 is 4.90 Å². The van der Waals surface area contributed by atoms with E-state index in [1.807, 2.05) is 12.1 Å². The number of hydrogen-bond donors (Lipinski definition) is 1. The molecule has 5 heteroatoms. The molecule has 0 saturated carbocycles. The molecule has 1 aromatic rings. The van der Waals surface area contributed by atoms with Gasteiger partial charge in [0.25, 0.3) is 0 Å². The fraction of sp³-hybridized carbons (Fsp3) is 0.500. The maximum Gasteiger partial charge on any atom is 0.328 e. The molecule has 0 aliphatic carbocycles. The van der Waals surface area contributed by atoms with Crippen LogP contribution >= 0.6 is 0 Å². The van der Waals surface area contributed by atoms with Crippen molar-refractivity contribution in [1.29, 1.82) is 0 Å². The van der Waals surface area contributed by atoms with E-state index in [4.69, 9.17) is 0 Å². The Morgan fingerprint density at radius 1 is 1.14 bits per heavy atom. The predicted molar refractivity (Wildman–Crippen MR) is 81.4 cm³/mol. The van der Waals surface area contributed by atoms with Crippen molar-refractivity contribution in [3.05, 3.63) is 29.8 Å². The average Bonchev–Trinajstić information content (AvgIpc) is 2.48. The van der Waals surface area contributed by atoms with Crippen molar-refractivity contribution < 1.29 is 9.59 Å². The van der Waals surface area contributed by atoms with Crippen LogP contribution in [0, 0.1) is 0 Å². The number of anilines is 1. The summed E-state index contributed by atoms with van der Waals surface area (Å²) in [4.78, 5) is 27.2. The lowest BCUT2D eigenvalue weighted by Gasteiger charge is -2.31.